The van der Waals surface area contributed by atoms with Crippen LogP contribution in [0.3, 0.4) is 0 Å². The van der Waals surface area contributed by atoms with Crippen LogP contribution in [0.2, 0.25) is 0 Å². The van der Waals surface area contributed by atoms with Crippen LogP contribution in [0.15, 0.2) is 72.8 Å². The van der Waals surface area contributed by atoms with E-state index in [1.165, 1.54) is 12.1 Å². The fourth-order valence-corrected chi connectivity index (χ4v) is 4.89. The zero-order chi connectivity index (χ0) is 23.7. The average Bonchev–Trinajstić information content (AvgIpc) is 3.20. The van der Waals surface area contributed by atoms with Crippen LogP contribution in [0.4, 0.5) is 10.1 Å². The minimum Gasteiger partial charge on any atom is -0.368 e. The summed E-state index contributed by atoms with van der Waals surface area (Å²) in [5.74, 6) is -0.221. The predicted molar refractivity (Wildman–Crippen MR) is 130 cm³/mol. The van der Waals surface area contributed by atoms with Gasteiger partial charge in [-0.1, -0.05) is 48.0 Å². The number of amides is 2. The number of hydrogen-bond donors (Lipinski definition) is 0. The Labute approximate surface area is 199 Å². The van der Waals surface area contributed by atoms with Crippen LogP contribution in [0.5, 0.6) is 0 Å². The minimum absolute atomic E-state index is 0.0184. The maximum atomic E-state index is 13.4. The minimum atomic E-state index is -0.317. The molecule has 6 heteroatoms. The first kappa shape index (κ1) is 22.1. The second-order valence-electron chi connectivity index (χ2n) is 9.07. The average molecular weight is 458 g/mol. The molecule has 5 nitrogen and oxygen atoms in total. The highest BCUT2D eigenvalue weighted by atomic mass is 19.1. The van der Waals surface area contributed by atoms with Gasteiger partial charge in [0.1, 0.15) is 5.82 Å². The third kappa shape index (κ3) is 4.40. The van der Waals surface area contributed by atoms with Gasteiger partial charge in [0.05, 0.1) is 12.5 Å². The zero-order valence-corrected chi connectivity index (χ0v) is 19.3. The lowest BCUT2D eigenvalue weighted by Crippen LogP contribution is -2.49. The maximum absolute atomic E-state index is 13.4. The Bertz CT molecular complexity index is 1190. The monoisotopic (exact) mass is 457 g/mol. The molecule has 5 rings (SSSR count). The molecule has 0 aliphatic carbocycles. The van der Waals surface area contributed by atoms with Gasteiger partial charge in [0, 0.05) is 44.0 Å². The van der Waals surface area contributed by atoms with E-state index in [9.17, 15) is 14.0 Å². The Morgan fingerprint density at radius 1 is 0.912 bits per heavy atom. The van der Waals surface area contributed by atoms with Crippen molar-refractivity contribution >= 4 is 17.5 Å². The number of anilines is 1. The Hall–Kier alpha value is -3.67. The standard InChI is InChI=1S/C28H28FN3O2/c1-20-6-8-21(9-7-20)26(32-19-22-4-2-3-5-25(22)28(32)34)18-27(33)31-16-14-30(15-17-31)24-12-10-23(29)11-13-24/h2-13,26H,14-19H2,1H3/t26-/m1/s1. The highest BCUT2D eigenvalue weighted by molar-refractivity contribution is 5.98. The molecule has 0 saturated carbocycles. The number of rotatable bonds is 5. The van der Waals surface area contributed by atoms with E-state index in [-0.39, 0.29) is 30.1 Å². The summed E-state index contributed by atoms with van der Waals surface area (Å²) >= 11 is 0. The van der Waals surface area contributed by atoms with Crippen molar-refractivity contribution in [2.75, 3.05) is 31.1 Å². The fraction of sp³-hybridized carbons (Fsp3) is 0.286. The van der Waals surface area contributed by atoms with Gasteiger partial charge in [-0.15, -0.1) is 0 Å². The molecule has 0 N–H and O–H groups in total. The number of carbonyl (C=O) groups is 2. The third-order valence-electron chi connectivity index (χ3n) is 6.88. The molecule has 2 aliphatic heterocycles. The SMILES string of the molecule is Cc1ccc([C@@H](CC(=O)N2CCN(c3ccc(F)cc3)CC2)N2Cc3ccccc3C2=O)cc1. The van der Waals surface area contributed by atoms with E-state index in [0.717, 1.165) is 27.9 Å². The number of fused-ring (bicyclic) bond motifs is 1. The van der Waals surface area contributed by atoms with Gasteiger partial charge >= 0.3 is 0 Å². The molecule has 2 heterocycles. The summed E-state index contributed by atoms with van der Waals surface area (Å²) in [6.45, 7) is 5.14. The van der Waals surface area contributed by atoms with E-state index in [0.29, 0.717) is 32.7 Å². The molecule has 3 aromatic rings. The summed E-state index contributed by atoms with van der Waals surface area (Å²) in [7, 11) is 0. The van der Waals surface area contributed by atoms with Crippen molar-refractivity contribution in [3.63, 3.8) is 0 Å². The molecule has 1 saturated heterocycles. The zero-order valence-electron chi connectivity index (χ0n) is 19.3. The summed E-state index contributed by atoms with van der Waals surface area (Å²) in [5.41, 5.74) is 4.81. The van der Waals surface area contributed by atoms with Crippen LogP contribution in [-0.4, -0.2) is 47.8 Å². The number of halogens is 1. The number of carbonyl (C=O) groups excluding carboxylic acids is 2. The molecule has 0 aromatic heterocycles. The van der Waals surface area contributed by atoms with Gasteiger partial charge in [0.25, 0.3) is 5.91 Å². The second kappa shape index (κ2) is 9.29. The van der Waals surface area contributed by atoms with Crippen LogP contribution in [0, 0.1) is 12.7 Å². The normalized spacial score (nSPS) is 16.5. The first-order valence-electron chi connectivity index (χ1n) is 11.7. The largest absolute Gasteiger partial charge is 0.368 e. The van der Waals surface area contributed by atoms with Crippen LogP contribution in [0.25, 0.3) is 0 Å². The molecule has 3 aromatic carbocycles. The van der Waals surface area contributed by atoms with Crippen molar-refractivity contribution in [3.05, 3.63) is 101 Å². The van der Waals surface area contributed by atoms with Gasteiger partial charge in [-0.05, 0) is 48.4 Å². The summed E-state index contributed by atoms with van der Waals surface area (Å²) in [6.07, 6.45) is 0.249. The van der Waals surface area contributed by atoms with E-state index in [4.69, 9.17) is 0 Å². The van der Waals surface area contributed by atoms with Crippen molar-refractivity contribution in [2.45, 2.75) is 25.9 Å². The molecule has 2 aliphatic rings. The molecule has 0 unspecified atom stereocenters. The van der Waals surface area contributed by atoms with Gasteiger partial charge in [-0.2, -0.15) is 0 Å². The fourth-order valence-electron chi connectivity index (χ4n) is 4.89. The topological polar surface area (TPSA) is 43.9 Å². The highest BCUT2D eigenvalue weighted by Crippen LogP contribution is 2.34. The van der Waals surface area contributed by atoms with Gasteiger partial charge in [-0.25, -0.2) is 4.39 Å². The first-order valence-corrected chi connectivity index (χ1v) is 11.7. The summed E-state index contributed by atoms with van der Waals surface area (Å²) in [4.78, 5) is 32.5. The molecular weight excluding hydrogens is 429 g/mol. The molecule has 1 atom stereocenters. The van der Waals surface area contributed by atoms with Crippen molar-refractivity contribution in [2.24, 2.45) is 0 Å². The second-order valence-corrected chi connectivity index (χ2v) is 9.07. The number of hydrogen-bond acceptors (Lipinski definition) is 3. The Kier molecular flexibility index (Phi) is 6.05. The quantitative estimate of drug-likeness (QED) is 0.564. The lowest BCUT2D eigenvalue weighted by atomic mass is 9.99. The Morgan fingerprint density at radius 2 is 1.59 bits per heavy atom. The van der Waals surface area contributed by atoms with Crippen molar-refractivity contribution in [1.29, 1.82) is 0 Å². The van der Waals surface area contributed by atoms with Crippen LogP contribution in [0.1, 0.15) is 39.5 Å². The number of aryl methyl sites for hydroxylation is 1. The van der Waals surface area contributed by atoms with Crippen LogP contribution < -0.4 is 4.90 Å². The molecule has 0 spiro atoms. The smallest absolute Gasteiger partial charge is 0.255 e. The van der Waals surface area contributed by atoms with E-state index in [1.807, 2.05) is 65.3 Å². The lowest BCUT2D eigenvalue weighted by molar-refractivity contribution is -0.132. The summed E-state index contributed by atoms with van der Waals surface area (Å²) < 4.78 is 13.2. The third-order valence-corrected chi connectivity index (χ3v) is 6.88. The van der Waals surface area contributed by atoms with E-state index in [2.05, 4.69) is 4.90 Å². The van der Waals surface area contributed by atoms with Gasteiger partial charge in [0.2, 0.25) is 5.91 Å². The van der Waals surface area contributed by atoms with E-state index >= 15 is 0 Å². The summed E-state index contributed by atoms with van der Waals surface area (Å²) in [6, 6.07) is 21.9. The molecule has 0 radical (unpaired) electrons. The Morgan fingerprint density at radius 3 is 2.26 bits per heavy atom. The lowest BCUT2D eigenvalue weighted by Gasteiger charge is -2.37. The maximum Gasteiger partial charge on any atom is 0.255 e. The van der Waals surface area contributed by atoms with Gasteiger partial charge in [0.15, 0.2) is 0 Å². The number of benzene rings is 3. The van der Waals surface area contributed by atoms with E-state index in [1.54, 1.807) is 12.1 Å². The number of piperazine rings is 1. The highest BCUT2D eigenvalue weighted by Gasteiger charge is 2.35. The number of nitrogens with zero attached hydrogens (tertiary/aromatic N) is 3. The van der Waals surface area contributed by atoms with Gasteiger partial charge < -0.3 is 14.7 Å². The van der Waals surface area contributed by atoms with Crippen molar-refractivity contribution in [1.82, 2.24) is 9.80 Å². The predicted octanol–water partition coefficient (Wildman–Crippen LogP) is 4.57. The molecule has 0 bridgehead atoms. The Balaban J connectivity index is 1.31. The first-order chi connectivity index (χ1) is 16.5. The summed E-state index contributed by atoms with van der Waals surface area (Å²) in [5, 5.41) is 0. The van der Waals surface area contributed by atoms with Gasteiger partial charge in [-0.3, -0.25) is 9.59 Å². The molecule has 2 amide bonds. The van der Waals surface area contributed by atoms with Crippen LogP contribution in [-0.2, 0) is 11.3 Å². The molecule has 34 heavy (non-hydrogen) atoms. The van der Waals surface area contributed by atoms with Crippen molar-refractivity contribution < 1.29 is 14.0 Å². The molecular formula is C28H28FN3O2. The van der Waals surface area contributed by atoms with Crippen LogP contribution >= 0.6 is 0 Å². The van der Waals surface area contributed by atoms with Crippen molar-refractivity contribution in [3.8, 4) is 0 Å². The van der Waals surface area contributed by atoms with E-state index < -0.39 is 0 Å². The molecule has 1 fully saturated rings. The molecule has 174 valence electrons.